The molecule has 0 unspecified atom stereocenters. The van der Waals surface area contributed by atoms with Crippen LogP contribution >= 0.6 is 0 Å². The summed E-state index contributed by atoms with van der Waals surface area (Å²) < 4.78 is 0. The van der Waals surface area contributed by atoms with E-state index in [4.69, 9.17) is 0 Å². The highest BCUT2D eigenvalue weighted by Gasteiger charge is 2.04. The van der Waals surface area contributed by atoms with Crippen molar-refractivity contribution in [3.05, 3.63) is 60.0 Å². The van der Waals surface area contributed by atoms with Crippen LogP contribution in [0.25, 0.3) is 11.0 Å². The quantitative estimate of drug-likeness (QED) is 0.590. The summed E-state index contributed by atoms with van der Waals surface area (Å²) in [6, 6.07) is 11.6. The molecule has 0 saturated carbocycles. The molecular weight excluding hydrogens is 262 g/mol. The first kappa shape index (κ1) is 13.2. The number of nitrogens with one attached hydrogen (secondary N) is 1. The van der Waals surface area contributed by atoms with Gasteiger partial charge in [0, 0.05) is 18.0 Å². The maximum Gasteiger partial charge on any atom is 0.168 e. The Hall–Kier alpha value is -2.82. The minimum atomic E-state index is 0.664. The lowest BCUT2D eigenvalue weighted by atomic mass is 10.2. The third-order valence-corrected chi connectivity index (χ3v) is 3.15. The molecule has 2 heterocycles. The number of benzene rings is 1. The molecule has 5 heteroatoms. The number of aromatic nitrogens is 3. The van der Waals surface area contributed by atoms with E-state index < -0.39 is 0 Å². The molecule has 0 aliphatic carbocycles. The van der Waals surface area contributed by atoms with Crippen molar-refractivity contribution in [2.45, 2.75) is 13.8 Å². The summed E-state index contributed by atoms with van der Waals surface area (Å²) in [6.07, 6.45) is 3.52. The zero-order valence-electron chi connectivity index (χ0n) is 11.9. The van der Waals surface area contributed by atoms with E-state index in [0.29, 0.717) is 5.82 Å². The Labute approximate surface area is 122 Å². The van der Waals surface area contributed by atoms with Crippen molar-refractivity contribution < 1.29 is 0 Å². The van der Waals surface area contributed by atoms with Crippen LogP contribution in [0.15, 0.2) is 53.9 Å². The number of hydrazone groups is 1. The maximum atomic E-state index is 4.54. The Morgan fingerprint density at radius 1 is 1.05 bits per heavy atom. The Kier molecular flexibility index (Phi) is 3.55. The second-order valence-electron chi connectivity index (χ2n) is 4.70. The fraction of sp³-hybridized carbons (Fsp3) is 0.125. The number of nitrogens with zero attached hydrogens (tertiary/aromatic N) is 4. The van der Waals surface area contributed by atoms with Gasteiger partial charge >= 0.3 is 0 Å². The highest BCUT2D eigenvalue weighted by molar-refractivity contribution is 5.98. The molecular formula is C16H15N5. The average molecular weight is 277 g/mol. The first-order valence-electron chi connectivity index (χ1n) is 6.68. The summed E-state index contributed by atoms with van der Waals surface area (Å²) in [5.41, 5.74) is 7.35. The van der Waals surface area contributed by atoms with Crippen LogP contribution in [0.4, 0.5) is 5.82 Å². The van der Waals surface area contributed by atoms with Crippen LogP contribution in [0.3, 0.4) is 0 Å². The number of rotatable bonds is 3. The van der Waals surface area contributed by atoms with Gasteiger partial charge in [-0.2, -0.15) is 5.10 Å². The second kappa shape index (κ2) is 5.66. The van der Waals surface area contributed by atoms with Crippen molar-refractivity contribution in [2.24, 2.45) is 5.10 Å². The fourth-order valence-corrected chi connectivity index (χ4v) is 1.97. The lowest BCUT2D eigenvalue weighted by Crippen LogP contribution is -2.03. The maximum absolute atomic E-state index is 4.54. The fourth-order valence-electron chi connectivity index (χ4n) is 1.97. The summed E-state index contributed by atoms with van der Waals surface area (Å²) in [4.78, 5) is 13.1. The lowest BCUT2D eigenvalue weighted by molar-refractivity contribution is 1.14. The number of para-hydroxylation sites is 2. The van der Waals surface area contributed by atoms with Gasteiger partial charge in [-0.15, -0.1) is 0 Å². The standard InChI is InChI=1S/C16H15N5/c1-11(13-6-5-9-17-10-13)20-21-16-12(2)18-14-7-3-4-8-15(14)19-16/h3-10H,1-2H3,(H,19,21)/b20-11+. The predicted molar refractivity (Wildman–Crippen MR) is 84.3 cm³/mol. The molecule has 5 nitrogen and oxygen atoms in total. The molecule has 3 aromatic rings. The van der Waals surface area contributed by atoms with E-state index in [0.717, 1.165) is 28.0 Å². The van der Waals surface area contributed by atoms with E-state index in [1.807, 2.05) is 50.2 Å². The molecule has 0 fully saturated rings. The molecule has 0 amide bonds. The molecule has 104 valence electrons. The van der Waals surface area contributed by atoms with E-state index in [-0.39, 0.29) is 0 Å². The van der Waals surface area contributed by atoms with E-state index in [2.05, 4.69) is 25.5 Å². The molecule has 21 heavy (non-hydrogen) atoms. The van der Waals surface area contributed by atoms with Crippen molar-refractivity contribution in [1.82, 2.24) is 15.0 Å². The molecule has 2 aromatic heterocycles. The summed E-state index contributed by atoms with van der Waals surface area (Å²) >= 11 is 0. The van der Waals surface area contributed by atoms with Gasteiger partial charge in [-0.05, 0) is 32.0 Å². The van der Waals surface area contributed by atoms with Crippen LogP contribution in [0.5, 0.6) is 0 Å². The van der Waals surface area contributed by atoms with Crippen LogP contribution in [0.2, 0.25) is 0 Å². The van der Waals surface area contributed by atoms with Crippen molar-refractivity contribution >= 4 is 22.6 Å². The number of hydrogen-bond acceptors (Lipinski definition) is 5. The molecule has 0 saturated heterocycles. The van der Waals surface area contributed by atoms with Gasteiger partial charge < -0.3 is 0 Å². The first-order valence-corrected chi connectivity index (χ1v) is 6.68. The Morgan fingerprint density at radius 3 is 2.52 bits per heavy atom. The van der Waals surface area contributed by atoms with Gasteiger partial charge in [-0.1, -0.05) is 18.2 Å². The van der Waals surface area contributed by atoms with Gasteiger partial charge in [0.1, 0.15) is 0 Å². The second-order valence-corrected chi connectivity index (χ2v) is 4.70. The Balaban J connectivity index is 1.90. The van der Waals surface area contributed by atoms with Gasteiger partial charge in [-0.3, -0.25) is 10.4 Å². The zero-order chi connectivity index (χ0) is 14.7. The average Bonchev–Trinajstić information content (AvgIpc) is 2.53. The minimum absolute atomic E-state index is 0.664. The number of pyridine rings is 1. The van der Waals surface area contributed by atoms with Gasteiger partial charge in [-0.25, -0.2) is 9.97 Å². The van der Waals surface area contributed by atoms with Gasteiger partial charge in [0.05, 0.1) is 22.4 Å². The van der Waals surface area contributed by atoms with Crippen molar-refractivity contribution in [2.75, 3.05) is 5.43 Å². The summed E-state index contributed by atoms with van der Waals surface area (Å²) in [7, 11) is 0. The zero-order valence-corrected chi connectivity index (χ0v) is 11.9. The third-order valence-electron chi connectivity index (χ3n) is 3.15. The van der Waals surface area contributed by atoms with Crippen molar-refractivity contribution in [3.8, 4) is 0 Å². The largest absolute Gasteiger partial charge is 0.264 e. The van der Waals surface area contributed by atoms with E-state index in [1.165, 1.54) is 0 Å². The monoisotopic (exact) mass is 277 g/mol. The van der Waals surface area contributed by atoms with E-state index >= 15 is 0 Å². The van der Waals surface area contributed by atoms with Crippen LogP contribution in [-0.4, -0.2) is 20.7 Å². The van der Waals surface area contributed by atoms with Crippen LogP contribution in [0.1, 0.15) is 18.2 Å². The van der Waals surface area contributed by atoms with Crippen LogP contribution in [-0.2, 0) is 0 Å². The number of aryl methyl sites for hydroxylation is 1. The topological polar surface area (TPSA) is 63.1 Å². The predicted octanol–water partition coefficient (Wildman–Crippen LogP) is 3.17. The Morgan fingerprint density at radius 2 is 1.81 bits per heavy atom. The lowest BCUT2D eigenvalue weighted by Gasteiger charge is -2.06. The van der Waals surface area contributed by atoms with E-state index in [9.17, 15) is 0 Å². The normalized spacial score (nSPS) is 11.6. The molecule has 3 rings (SSSR count). The smallest absolute Gasteiger partial charge is 0.168 e. The molecule has 0 spiro atoms. The van der Waals surface area contributed by atoms with Crippen LogP contribution in [0, 0.1) is 6.92 Å². The summed E-state index contributed by atoms with van der Waals surface area (Å²) in [5.74, 6) is 0.664. The van der Waals surface area contributed by atoms with Crippen LogP contribution < -0.4 is 5.43 Å². The Bertz CT molecular complexity index is 796. The summed E-state index contributed by atoms with van der Waals surface area (Å²) in [5, 5.41) is 4.36. The minimum Gasteiger partial charge on any atom is -0.264 e. The van der Waals surface area contributed by atoms with Gasteiger partial charge in [0.2, 0.25) is 0 Å². The van der Waals surface area contributed by atoms with Gasteiger partial charge in [0.25, 0.3) is 0 Å². The highest BCUT2D eigenvalue weighted by Crippen LogP contribution is 2.16. The SMILES string of the molecule is C/C(=N\Nc1nc2ccccc2nc1C)c1cccnc1. The molecule has 0 atom stereocenters. The molecule has 0 bridgehead atoms. The molecule has 1 N–H and O–H groups in total. The molecule has 0 aliphatic heterocycles. The number of fused-ring (bicyclic) bond motifs is 1. The van der Waals surface area contributed by atoms with Gasteiger partial charge in [0.15, 0.2) is 5.82 Å². The van der Waals surface area contributed by atoms with E-state index in [1.54, 1.807) is 12.4 Å². The highest BCUT2D eigenvalue weighted by atomic mass is 15.3. The molecule has 0 aliphatic rings. The number of hydrogen-bond donors (Lipinski definition) is 1. The third kappa shape index (κ3) is 2.86. The molecule has 1 aromatic carbocycles. The van der Waals surface area contributed by atoms with Crippen molar-refractivity contribution in [3.63, 3.8) is 0 Å². The molecule has 0 radical (unpaired) electrons. The van der Waals surface area contributed by atoms with Crippen molar-refractivity contribution in [1.29, 1.82) is 0 Å². The summed E-state index contributed by atoms with van der Waals surface area (Å²) in [6.45, 7) is 3.84. The number of anilines is 1. The first-order chi connectivity index (χ1) is 10.2.